The number of hydrogen-bond acceptors (Lipinski definition) is 4. The van der Waals surface area contributed by atoms with Gasteiger partial charge < -0.3 is 24.6 Å². The quantitative estimate of drug-likeness (QED) is 0.380. The van der Waals surface area contributed by atoms with E-state index in [2.05, 4.69) is 17.1 Å². The highest BCUT2D eigenvalue weighted by Crippen LogP contribution is 2.19. The van der Waals surface area contributed by atoms with Crippen molar-refractivity contribution in [2.45, 2.75) is 32.4 Å². The van der Waals surface area contributed by atoms with Crippen molar-refractivity contribution < 1.29 is 14.3 Å². The highest BCUT2D eigenvalue weighted by atomic mass is 127. The van der Waals surface area contributed by atoms with Crippen molar-refractivity contribution in [3.8, 4) is 5.75 Å². The lowest BCUT2D eigenvalue weighted by Gasteiger charge is -2.37. The van der Waals surface area contributed by atoms with Crippen LogP contribution in [-0.4, -0.2) is 74.2 Å². The van der Waals surface area contributed by atoms with Crippen molar-refractivity contribution in [2.24, 2.45) is 4.99 Å². The van der Waals surface area contributed by atoms with Gasteiger partial charge in [0.25, 0.3) is 5.91 Å². The monoisotopic (exact) mass is 502 g/mol. The third kappa shape index (κ3) is 5.73. The van der Waals surface area contributed by atoms with Crippen LogP contribution in [0.1, 0.15) is 25.3 Å². The van der Waals surface area contributed by atoms with Crippen LogP contribution in [0, 0.1) is 0 Å². The molecule has 1 N–H and O–H groups in total. The third-order valence-corrected chi connectivity index (χ3v) is 5.02. The summed E-state index contributed by atoms with van der Waals surface area (Å²) in [5.41, 5.74) is 1.06. The molecule has 3 rings (SSSR count). The van der Waals surface area contributed by atoms with Gasteiger partial charge in [0.05, 0.1) is 13.7 Å². The Labute approximate surface area is 184 Å². The van der Waals surface area contributed by atoms with Crippen LogP contribution in [0.25, 0.3) is 0 Å². The van der Waals surface area contributed by atoms with E-state index >= 15 is 0 Å². The molecule has 0 saturated carbocycles. The predicted octanol–water partition coefficient (Wildman–Crippen LogP) is 2.10. The lowest BCUT2D eigenvalue weighted by atomic mass is 10.2. The van der Waals surface area contributed by atoms with Crippen molar-refractivity contribution in [1.29, 1.82) is 0 Å². The first-order chi connectivity index (χ1) is 13.2. The summed E-state index contributed by atoms with van der Waals surface area (Å²) in [7, 11) is 1.68. The Morgan fingerprint density at radius 3 is 2.61 bits per heavy atom. The van der Waals surface area contributed by atoms with Gasteiger partial charge in [-0.2, -0.15) is 0 Å². The molecule has 1 amide bonds. The van der Waals surface area contributed by atoms with Crippen LogP contribution in [0.5, 0.6) is 5.75 Å². The number of ether oxygens (including phenoxy) is 2. The van der Waals surface area contributed by atoms with Crippen molar-refractivity contribution in [2.75, 3.05) is 46.4 Å². The number of nitrogens with zero attached hydrogens (tertiary/aromatic N) is 3. The summed E-state index contributed by atoms with van der Waals surface area (Å²) in [5.74, 6) is 1.87. The maximum Gasteiger partial charge on any atom is 0.251 e. The molecule has 0 aliphatic carbocycles. The van der Waals surface area contributed by atoms with Crippen LogP contribution >= 0.6 is 24.0 Å². The van der Waals surface area contributed by atoms with E-state index in [1.54, 1.807) is 7.11 Å². The Kier molecular flexibility index (Phi) is 9.30. The average molecular weight is 502 g/mol. The van der Waals surface area contributed by atoms with Crippen LogP contribution in [0.2, 0.25) is 0 Å². The number of nitrogens with one attached hydrogen (secondary N) is 1. The van der Waals surface area contributed by atoms with E-state index in [1.807, 2.05) is 29.2 Å². The number of carbonyl (C=O) groups is 1. The zero-order valence-electron chi connectivity index (χ0n) is 16.7. The Hall–Kier alpha value is -1.55. The van der Waals surface area contributed by atoms with E-state index in [0.717, 1.165) is 49.7 Å². The van der Waals surface area contributed by atoms with Gasteiger partial charge in [0.2, 0.25) is 0 Å². The van der Waals surface area contributed by atoms with Crippen molar-refractivity contribution >= 4 is 35.8 Å². The summed E-state index contributed by atoms with van der Waals surface area (Å²) in [4.78, 5) is 21.4. The number of aliphatic imine (C=N–C) groups is 1. The fourth-order valence-electron chi connectivity index (χ4n) is 3.53. The van der Waals surface area contributed by atoms with Gasteiger partial charge >= 0.3 is 0 Å². The van der Waals surface area contributed by atoms with E-state index in [0.29, 0.717) is 26.2 Å². The highest BCUT2D eigenvalue weighted by Gasteiger charge is 2.30. The summed E-state index contributed by atoms with van der Waals surface area (Å²) in [6, 6.07) is 7.94. The van der Waals surface area contributed by atoms with E-state index in [1.165, 1.54) is 0 Å². The SMILES string of the molecule is CCNC(=NCc1ccccc1OC)N1CCN(C(=O)C2CCCO2)CC1.I. The molecule has 2 fully saturated rings. The van der Waals surface area contributed by atoms with Crippen LogP contribution in [0.3, 0.4) is 0 Å². The van der Waals surface area contributed by atoms with Crippen molar-refractivity contribution in [1.82, 2.24) is 15.1 Å². The third-order valence-electron chi connectivity index (χ3n) is 5.02. The first-order valence-electron chi connectivity index (χ1n) is 9.78. The summed E-state index contributed by atoms with van der Waals surface area (Å²) >= 11 is 0. The van der Waals surface area contributed by atoms with Crippen LogP contribution < -0.4 is 10.1 Å². The molecule has 0 aromatic heterocycles. The Morgan fingerprint density at radius 1 is 1.25 bits per heavy atom. The van der Waals surface area contributed by atoms with Crippen molar-refractivity contribution in [3.05, 3.63) is 29.8 Å². The highest BCUT2D eigenvalue weighted by molar-refractivity contribution is 14.0. The second-order valence-electron chi connectivity index (χ2n) is 6.80. The molecule has 0 radical (unpaired) electrons. The van der Waals surface area contributed by atoms with E-state index < -0.39 is 0 Å². The van der Waals surface area contributed by atoms with Gasteiger partial charge in [-0.1, -0.05) is 18.2 Å². The van der Waals surface area contributed by atoms with Gasteiger partial charge in [-0.3, -0.25) is 4.79 Å². The number of rotatable bonds is 5. The molecule has 8 heteroatoms. The normalized spacial score (nSPS) is 19.9. The minimum Gasteiger partial charge on any atom is -0.496 e. The van der Waals surface area contributed by atoms with E-state index in [-0.39, 0.29) is 36.0 Å². The molecule has 1 unspecified atom stereocenters. The second-order valence-corrected chi connectivity index (χ2v) is 6.80. The molecule has 1 atom stereocenters. The summed E-state index contributed by atoms with van der Waals surface area (Å²) in [5, 5.41) is 3.37. The summed E-state index contributed by atoms with van der Waals surface area (Å²) in [6.45, 7) is 7.09. The van der Waals surface area contributed by atoms with E-state index in [4.69, 9.17) is 14.5 Å². The molecule has 2 aliphatic rings. The number of amides is 1. The zero-order chi connectivity index (χ0) is 19.1. The van der Waals surface area contributed by atoms with Crippen LogP contribution in [0.4, 0.5) is 0 Å². The molecule has 0 bridgehead atoms. The number of para-hydroxylation sites is 1. The van der Waals surface area contributed by atoms with Crippen LogP contribution in [-0.2, 0) is 16.1 Å². The van der Waals surface area contributed by atoms with Gasteiger partial charge in [-0.15, -0.1) is 24.0 Å². The smallest absolute Gasteiger partial charge is 0.251 e. The molecule has 156 valence electrons. The molecule has 2 saturated heterocycles. The van der Waals surface area contributed by atoms with Gasteiger partial charge in [-0.25, -0.2) is 4.99 Å². The van der Waals surface area contributed by atoms with Gasteiger partial charge in [0.1, 0.15) is 11.9 Å². The molecule has 1 aromatic carbocycles. The molecule has 2 aliphatic heterocycles. The van der Waals surface area contributed by atoms with Gasteiger partial charge in [0, 0.05) is 44.9 Å². The molecular weight excluding hydrogens is 471 g/mol. The molecular formula is C20H31IN4O3. The average Bonchev–Trinajstić information content (AvgIpc) is 3.26. The van der Waals surface area contributed by atoms with Crippen molar-refractivity contribution in [3.63, 3.8) is 0 Å². The Morgan fingerprint density at radius 2 is 1.96 bits per heavy atom. The number of methoxy groups -OCH3 is 1. The molecule has 2 heterocycles. The fraction of sp³-hybridized carbons (Fsp3) is 0.600. The number of piperazine rings is 1. The number of hydrogen-bond donors (Lipinski definition) is 1. The summed E-state index contributed by atoms with van der Waals surface area (Å²) < 4.78 is 11.0. The molecule has 7 nitrogen and oxygen atoms in total. The van der Waals surface area contributed by atoms with Crippen LogP contribution in [0.15, 0.2) is 29.3 Å². The Balaban J connectivity index is 0.00000280. The topological polar surface area (TPSA) is 66.4 Å². The van der Waals surface area contributed by atoms with E-state index in [9.17, 15) is 4.79 Å². The molecule has 0 spiro atoms. The minimum atomic E-state index is -0.232. The lowest BCUT2D eigenvalue weighted by Crippen LogP contribution is -2.55. The predicted molar refractivity (Wildman–Crippen MR) is 120 cm³/mol. The number of halogens is 1. The van der Waals surface area contributed by atoms with Gasteiger partial charge in [-0.05, 0) is 25.8 Å². The maximum atomic E-state index is 12.5. The Bertz CT molecular complexity index is 657. The first-order valence-corrected chi connectivity index (χ1v) is 9.78. The number of guanidine groups is 1. The summed E-state index contributed by atoms with van der Waals surface area (Å²) in [6.07, 6.45) is 1.60. The van der Waals surface area contributed by atoms with Gasteiger partial charge in [0.15, 0.2) is 5.96 Å². The standard InChI is InChI=1S/C20H30N4O3.HI/c1-3-21-20(22-15-16-7-4-5-8-17(16)26-2)24-12-10-23(11-13-24)19(25)18-9-6-14-27-18;/h4-5,7-8,18H,3,6,9-15H2,1-2H3,(H,21,22);1H. The number of benzene rings is 1. The number of carbonyl (C=O) groups excluding carboxylic acids is 1. The second kappa shape index (κ2) is 11.5. The fourth-order valence-corrected chi connectivity index (χ4v) is 3.53. The molecule has 28 heavy (non-hydrogen) atoms. The molecule has 1 aromatic rings. The lowest BCUT2D eigenvalue weighted by molar-refractivity contribution is -0.142. The largest absolute Gasteiger partial charge is 0.496 e. The zero-order valence-corrected chi connectivity index (χ0v) is 19.1. The first kappa shape index (κ1) is 22.7. The maximum absolute atomic E-state index is 12.5. The minimum absolute atomic E-state index is 0.